The zero-order valence-electron chi connectivity index (χ0n) is 24.0. The molecule has 2 atom stereocenters. The molecule has 0 bridgehead atoms. The van der Waals surface area contributed by atoms with Crippen molar-refractivity contribution in [2.75, 3.05) is 28.4 Å². The molecule has 2 unspecified atom stereocenters. The van der Waals surface area contributed by atoms with Crippen molar-refractivity contribution in [1.82, 2.24) is 0 Å². The largest absolute Gasteiger partial charge is 0.496 e. The Labute approximate surface area is 250 Å². The molecule has 0 aliphatic heterocycles. The van der Waals surface area contributed by atoms with E-state index >= 15 is 0 Å². The van der Waals surface area contributed by atoms with Gasteiger partial charge >= 0.3 is 0 Å². The molecular weight excluding hydrogens is 558 g/mol. The van der Waals surface area contributed by atoms with E-state index in [1.54, 1.807) is 28.4 Å². The summed E-state index contributed by atoms with van der Waals surface area (Å²) < 4.78 is 23.1. The van der Waals surface area contributed by atoms with Crippen LogP contribution >= 0.6 is 17.2 Å². The average molecular weight is 591 g/mol. The second-order valence-electron chi connectivity index (χ2n) is 9.81. The summed E-state index contributed by atoms with van der Waals surface area (Å²) in [6.07, 6.45) is 0. The Kier molecular flexibility index (Phi) is 8.29. The van der Waals surface area contributed by atoms with Gasteiger partial charge in [0.15, 0.2) is 0 Å². The monoisotopic (exact) mass is 590 g/mol. The molecule has 0 heterocycles. The van der Waals surface area contributed by atoms with Crippen molar-refractivity contribution in [2.45, 2.75) is 0 Å². The first-order valence-corrected chi connectivity index (χ1v) is 15.7. The van der Waals surface area contributed by atoms with Crippen molar-refractivity contribution in [3.63, 3.8) is 0 Å². The second-order valence-corrected chi connectivity index (χ2v) is 12.5. The molecule has 6 heteroatoms. The number of fused-ring (bicyclic) bond motifs is 2. The van der Waals surface area contributed by atoms with Gasteiger partial charge in [-0.25, -0.2) is 0 Å². The lowest BCUT2D eigenvalue weighted by molar-refractivity contribution is 0.411. The molecule has 0 fully saturated rings. The molecule has 0 saturated carbocycles. The highest BCUT2D eigenvalue weighted by Crippen LogP contribution is 2.39. The summed E-state index contributed by atoms with van der Waals surface area (Å²) in [4.78, 5) is 0. The summed E-state index contributed by atoms with van der Waals surface area (Å²) in [7, 11) is 7.75. The lowest BCUT2D eigenvalue weighted by atomic mass is 10.0. The van der Waals surface area contributed by atoms with Gasteiger partial charge in [-0.2, -0.15) is 0 Å². The lowest BCUT2D eigenvalue weighted by Gasteiger charge is -2.20. The molecule has 6 aromatic rings. The van der Waals surface area contributed by atoms with E-state index in [0.717, 1.165) is 55.7 Å². The van der Waals surface area contributed by atoms with Crippen LogP contribution in [0.3, 0.4) is 0 Å². The lowest BCUT2D eigenvalue weighted by Crippen LogP contribution is -2.14. The first-order chi connectivity index (χ1) is 20.6. The van der Waals surface area contributed by atoms with Gasteiger partial charge in [0.25, 0.3) is 0 Å². The molecule has 210 valence electrons. The Balaban J connectivity index is 1.45. The Morgan fingerprint density at radius 3 is 1.19 bits per heavy atom. The summed E-state index contributed by atoms with van der Waals surface area (Å²) in [5, 5.41) is 9.44. The van der Waals surface area contributed by atoms with Gasteiger partial charge in [0.2, 0.25) is 0 Å². The van der Waals surface area contributed by atoms with E-state index < -0.39 is 0 Å². The van der Waals surface area contributed by atoms with Crippen molar-refractivity contribution in [3.05, 3.63) is 109 Å². The topological polar surface area (TPSA) is 36.9 Å². The highest BCUT2D eigenvalue weighted by Gasteiger charge is 2.20. The van der Waals surface area contributed by atoms with E-state index in [2.05, 4.69) is 72.8 Å². The minimum atomic E-state index is 0.421. The number of rotatable bonds is 9. The van der Waals surface area contributed by atoms with Crippen LogP contribution in [0.25, 0.3) is 32.7 Å². The SMILES string of the molecule is COc1cccc(Pc2ccc3c(OC)cccc3c2)c1-c1c(OC)cccc1Pc1ccc2c(OC)cccc2c1. The predicted molar refractivity (Wildman–Crippen MR) is 181 cm³/mol. The maximum atomic E-state index is 5.99. The zero-order valence-corrected chi connectivity index (χ0v) is 26.0. The van der Waals surface area contributed by atoms with Crippen LogP contribution in [0.1, 0.15) is 0 Å². The summed E-state index contributed by atoms with van der Waals surface area (Å²) in [6.45, 7) is 0. The maximum Gasteiger partial charge on any atom is 0.127 e. The van der Waals surface area contributed by atoms with Crippen LogP contribution in [-0.4, -0.2) is 28.4 Å². The fraction of sp³-hybridized carbons (Fsp3) is 0.111. The molecular formula is C36H32O4P2. The van der Waals surface area contributed by atoms with E-state index in [1.165, 1.54) is 21.2 Å². The van der Waals surface area contributed by atoms with E-state index in [9.17, 15) is 0 Å². The van der Waals surface area contributed by atoms with Crippen molar-refractivity contribution in [3.8, 4) is 34.1 Å². The van der Waals surface area contributed by atoms with Crippen LogP contribution in [0.2, 0.25) is 0 Å². The summed E-state index contributed by atoms with van der Waals surface area (Å²) in [6, 6.07) is 38.2. The summed E-state index contributed by atoms with van der Waals surface area (Å²) in [5.41, 5.74) is 2.15. The minimum Gasteiger partial charge on any atom is -0.496 e. The number of ether oxygens (including phenoxy) is 4. The van der Waals surface area contributed by atoms with Gasteiger partial charge in [-0.1, -0.05) is 90.0 Å². The molecule has 6 rings (SSSR count). The van der Waals surface area contributed by atoms with Crippen molar-refractivity contribution in [1.29, 1.82) is 0 Å². The van der Waals surface area contributed by atoms with Crippen molar-refractivity contribution in [2.24, 2.45) is 0 Å². The van der Waals surface area contributed by atoms with Crippen LogP contribution in [0.15, 0.2) is 109 Å². The molecule has 0 spiro atoms. The van der Waals surface area contributed by atoms with Gasteiger partial charge in [0.1, 0.15) is 23.0 Å². The third kappa shape index (κ3) is 5.41. The molecule has 0 N–H and O–H groups in total. The van der Waals surface area contributed by atoms with Crippen LogP contribution in [0, 0.1) is 0 Å². The average Bonchev–Trinajstić information content (AvgIpc) is 3.03. The predicted octanol–water partition coefficient (Wildman–Crippen LogP) is 6.95. The van der Waals surface area contributed by atoms with Crippen molar-refractivity contribution >= 4 is 59.9 Å². The quantitative estimate of drug-likeness (QED) is 0.171. The minimum absolute atomic E-state index is 0.421. The highest BCUT2D eigenvalue weighted by atomic mass is 31.1. The molecule has 0 aliphatic rings. The first kappa shape index (κ1) is 28.0. The molecule has 4 nitrogen and oxygen atoms in total. The smallest absolute Gasteiger partial charge is 0.127 e. The van der Waals surface area contributed by atoms with Gasteiger partial charge in [-0.3, -0.25) is 0 Å². The Morgan fingerprint density at radius 2 is 0.786 bits per heavy atom. The fourth-order valence-electron chi connectivity index (χ4n) is 5.46. The van der Waals surface area contributed by atoms with Crippen LogP contribution in [0.5, 0.6) is 23.0 Å². The number of benzene rings is 6. The third-order valence-corrected chi connectivity index (χ3v) is 9.99. The zero-order chi connectivity index (χ0) is 29.1. The second kappa shape index (κ2) is 12.4. The maximum absolute atomic E-state index is 5.99. The van der Waals surface area contributed by atoms with Gasteiger partial charge in [-0.15, -0.1) is 0 Å². The van der Waals surface area contributed by atoms with Gasteiger partial charge < -0.3 is 18.9 Å². The Morgan fingerprint density at radius 1 is 0.405 bits per heavy atom. The molecule has 0 amide bonds. The van der Waals surface area contributed by atoms with Gasteiger partial charge in [0.05, 0.1) is 28.4 Å². The van der Waals surface area contributed by atoms with E-state index in [0.29, 0.717) is 17.2 Å². The van der Waals surface area contributed by atoms with E-state index in [4.69, 9.17) is 18.9 Å². The highest BCUT2D eigenvalue weighted by molar-refractivity contribution is 7.56. The third-order valence-electron chi connectivity index (χ3n) is 7.42. The Bertz CT molecular complexity index is 1760. The Hall–Kier alpha value is -4.10. The standard InChI is InChI=1S/C36H32O4P2/c1-37-29-11-5-9-23-21-25(17-19-27(23)29)41-33-15-7-13-31(39-3)35(33)36-32(40-4)14-8-16-34(36)42-26-18-20-28-24(22-26)10-6-12-30(28)38-2/h5-22,41-42H,1-4H3. The molecule has 0 aliphatic carbocycles. The molecule has 0 aromatic heterocycles. The van der Waals surface area contributed by atoms with Crippen LogP contribution in [0.4, 0.5) is 0 Å². The normalized spacial score (nSPS) is 11.6. The number of hydrogen-bond donors (Lipinski definition) is 0. The summed E-state index contributed by atoms with van der Waals surface area (Å²) in [5.74, 6) is 3.44. The van der Waals surface area contributed by atoms with Gasteiger partial charge in [0, 0.05) is 21.9 Å². The number of hydrogen-bond acceptors (Lipinski definition) is 4. The first-order valence-electron chi connectivity index (χ1n) is 13.7. The van der Waals surface area contributed by atoms with E-state index in [1.807, 2.05) is 36.4 Å². The number of methoxy groups -OCH3 is 4. The van der Waals surface area contributed by atoms with Gasteiger partial charge in [-0.05, 0) is 68.4 Å². The molecule has 6 aromatic carbocycles. The van der Waals surface area contributed by atoms with Crippen LogP contribution < -0.4 is 40.2 Å². The van der Waals surface area contributed by atoms with E-state index in [-0.39, 0.29) is 0 Å². The fourth-order valence-corrected chi connectivity index (χ4v) is 7.97. The van der Waals surface area contributed by atoms with Crippen LogP contribution in [-0.2, 0) is 0 Å². The summed E-state index contributed by atoms with van der Waals surface area (Å²) >= 11 is 0. The molecule has 0 radical (unpaired) electrons. The van der Waals surface area contributed by atoms with Crippen molar-refractivity contribution < 1.29 is 18.9 Å². The molecule has 0 saturated heterocycles. The molecule has 42 heavy (non-hydrogen) atoms.